The Hall–Kier alpha value is -2.18. The standard InChI is InChI=1S/C24H33N3O3/c1-29-22-6-2-4-19-8-9-20(26-24(19)22)17-27-13-11-18(12-14-27)7-10-23(28)25-16-21-5-3-15-30-21/h2,4,6,8-9,18,21H,3,5,7,10-17H2,1H3,(H,25,28)/t21-/m1/s1. The zero-order valence-corrected chi connectivity index (χ0v) is 17.9. The number of likely N-dealkylation sites (tertiary alicyclic amines) is 1. The molecule has 6 heteroatoms. The molecule has 0 saturated carbocycles. The number of benzene rings is 1. The molecule has 6 nitrogen and oxygen atoms in total. The molecule has 1 aromatic carbocycles. The highest BCUT2D eigenvalue weighted by Crippen LogP contribution is 2.26. The molecule has 30 heavy (non-hydrogen) atoms. The quantitative estimate of drug-likeness (QED) is 0.720. The molecule has 2 aromatic rings. The van der Waals surface area contributed by atoms with Crippen molar-refractivity contribution in [2.75, 3.05) is 33.4 Å². The average molecular weight is 412 g/mol. The maximum atomic E-state index is 12.1. The number of hydrogen-bond donors (Lipinski definition) is 1. The Bertz CT molecular complexity index is 843. The number of hydrogen-bond acceptors (Lipinski definition) is 5. The largest absolute Gasteiger partial charge is 0.494 e. The maximum Gasteiger partial charge on any atom is 0.220 e. The predicted octanol–water partition coefficient (Wildman–Crippen LogP) is 3.53. The molecule has 2 fully saturated rings. The third-order valence-corrected chi connectivity index (χ3v) is 6.38. The van der Waals surface area contributed by atoms with Gasteiger partial charge < -0.3 is 14.8 Å². The Kier molecular flexibility index (Phi) is 7.18. The molecule has 0 unspecified atom stereocenters. The summed E-state index contributed by atoms with van der Waals surface area (Å²) in [6.45, 7) is 4.49. The van der Waals surface area contributed by atoms with E-state index in [9.17, 15) is 4.79 Å². The van der Waals surface area contributed by atoms with Gasteiger partial charge in [-0.2, -0.15) is 0 Å². The summed E-state index contributed by atoms with van der Waals surface area (Å²) < 4.78 is 11.0. The van der Waals surface area contributed by atoms with Crippen molar-refractivity contribution in [1.82, 2.24) is 15.2 Å². The van der Waals surface area contributed by atoms with Crippen molar-refractivity contribution >= 4 is 16.8 Å². The summed E-state index contributed by atoms with van der Waals surface area (Å²) in [5.74, 6) is 1.63. The van der Waals surface area contributed by atoms with E-state index >= 15 is 0 Å². The molecule has 2 aliphatic rings. The summed E-state index contributed by atoms with van der Waals surface area (Å²) in [4.78, 5) is 19.4. The first kappa shape index (κ1) is 21.1. The summed E-state index contributed by atoms with van der Waals surface area (Å²) in [5.41, 5.74) is 2.01. The number of aromatic nitrogens is 1. The van der Waals surface area contributed by atoms with Crippen LogP contribution in [0.4, 0.5) is 0 Å². The monoisotopic (exact) mass is 411 g/mol. The zero-order chi connectivity index (χ0) is 20.8. The van der Waals surface area contributed by atoms with Crippen LogP contribution in [0.5, 0.6) is 5.75 Å². The second kappa shape index (κ2) is 10.2. The van der Waals surface area contributed by atoms with Gasteiger partial charge in [0.25, 0.3) is 0 Å². The Morgan fingerprint density at radius 1 is 1.23 bits per heavy atom. The maximum absolute atomic E-state index is 12.1. The number of ether oxygens (including phenoxy) is 2. The second-order valence-corrected chi connectivity index (χ2v) is 8.53. The number of amides is 1. The third kappa shape index (κ3) is 5.49. The van der Waals surface area contributed by atoms with E-state index in [0.717, 1.165) is 80.7 Å². The molecule has 1 amide bonds. The lowest BCUT2D eigenvalue weighted by molar-refractivity contribution is -0.122. The lowest BCUT2D eigenvalue weighted by atomic mass is 9.92. The van der Waals surface area contributed by atoms with Gasteiger partial charge in [0.05, 0.1) is 18.9 Å². The first-order valence-corrected chi connectivity index (χ1v) is 11.2. The van der Waals surface area contributed by atoms with Crippen molar-refractivity contribution in [1.29, 1.82) is 0 Å². The number of rotatable bonds is 8. The molecule has 162 valence electrons. The smallest absolute Gasteiger partial charge is 0.220 e. The van der Waals surface area contributed by atoms with Gasteiger partial charge >= 0.3 is 0 Å². The van der Waals surface area contributed by atoms with E-state index in [1.807, 2.05) is 12.1 Å². The molecule has 0 radical (unpaired) electrons. The minimum absolute atomic E-state index is 0.169. The molecule has 0 bridgehead atoms. The van der Waals surface area contributed by atoms with E-state index in [2.05, 4.69) is 28.4 Å². The fraction of sp³-hybridized carbons (Fsp3) is 0.583. The van der Waals surface area contributed by atoms with Crippen LogP contribution in [0.1, 0.15) is 44.2 Å². The number of carbonyl (C=O) groups is 1. The van der Waals surface area contributed by atoms with Gasteiger partial charge in [0.15, 0.2) is 0 Å². The Labute approximate surface area is 178 Å². The summed E-state index contributed by atoms with van der Waals surface area (Å²) in [7, 11) is 1.69. The highest BCUT2D eigenvalue weighted by atomic mass is 16.5. The highest BCUT2D eigenvalue weighted by molar-refractivity contribution is 5.84. The van der Waals surface area contributed by atoms with E-state index in [-0.39, 0.29) is 12.0 Å². The van der Waals surface area contributed by atoms with E-state index in [1.165, 1.54) is 0 Å². The van der Waals surface area contributed by atoms with Crippen LogP contribution >= 0.6 is 0 Å². The second-order valence-electron chi connectivity index (χ2n) is 8.53. The van der Waals surface area contributed by atoms with E-state index in [0.29, 0.717) is 18.9 Å². The summed E-state index contributed by atoms with van der Waals surface area (Å²) >= 11 is 0. The van der Waals surface area contributed by atoms with E-state index < -0.39 is 0 Å². The number of fused-ring (bicyclic) bond motifs is 1. The lowest BCUT2D eigenvalue weighted by Gasteiger charge is -2.31. The van der Waals surface area contributed by atoms with Gasteiger partial charge in [-0.3, -0.25) is 9.69 Å². The molecule has 1 aromatic heterocycles. The van der Waals surface area contributed by atoms with Gasteiger partial charge in [0.2, 0.25) is 5.91 Å². The Morgan fingerprint density at radius 2 is 2.10 bits per heavy atom. The lowest BCUT2D eigenvalue weighted by Crippen LogP contribution is -2.35. The normalized spacial score (nSPS) is 20.5. The summed E-state index contributed by atoms with van der Waals surface area (Å²) in [5, 5.41) is 4.14. The zero-order valence-electron chi connectivity index (χ0n) is 17.9. The van der Waals surface area contributed by atoms with Crippen LogP contribution in [0.15, 0.2) is 30.3 Å². The molecule has 0 spiro atoms. The first-order chi connectivity index (χ1) is 14.7. The van der Waals surface area contributed by atoms with E-state index in [1.54, 1.807) is 7.11 Å². The van der Waals surface area contributed by atoms with Crippen molar-refractivity contribution in [3.05, 3.63) is 36.0 Å². The van der Waals surface area contributed by atoms with Gasteiger partial charge in [0, 0.05) is 31.5 Å². The fourth-order valence-corrected chi connectivity index (χ4v) is 4.53. The van der Waals surface area contributed by atoms with Crippen LogP contribution in [0.25, 0.3) is 10.9 Å². The van der Waals surface area contributed by atoms with Gasteiger partial charge in [-0.05, 0) is 63.2 Å². The molecule has 0 aliphatic carbocycles. The van der Waals surface area contributed by atoms with Crippen molar-refractivity contribution in [3.8, 4) is 5.75 Å². The number of para-hydroxylation sites is 1. The molecular formula is C24H33N3O3. The van der Waals surface area contributed by atoms with Crippen LogP contribution in [-0.4, -0.2) is 55.2 Å². The van der Waals surface area contributed by atoms with Crippen molar-refractivity contribution < 1.29 is 14.3 Å². The Morgan fingerprint density at radius 3 is 2.87 bits per heavy atom. The first-order valence-electron chi connectivity index (χ1n) is 11.2. The third-order valence-electron chi connectivity index (χ3n) is 6.38. The predicted molar refractivity (Wildman–Crippen MR) is 118 cm³/mol. The van der Waals surface area contributed by atoms with Crippen molar-refractivity contribution in [2.24, 2.45) is 5.92 Å². The van der Waals surface area contributed by atoms with Gasteiger partial charge in [-0.15, -0.1) is 0 Å². The number of nitrogens with zero attached hydrogens (tertiary/aromatic N) is 2. The van der Waals surface area contributed by atoms with Crippen LogP contribution in [-0.2, 0) is 16.1 Å². The number of piperidine rings is 1. The number of nitrogens with one attached hydrogen (secondary N) is 1. The van der Waals surface area contributed by atoms with Gasteiger partial charge in [0.1, 0.15) is 11.3 Å². The summed E-state index contributed by atoms with van der Waals surface area (Å²) in [6, 6.07) is 10.3. The van der Waals surface area contributed by atoms with E-state index in [4.69, 9.17) is 14.5 Å². The molecule has 3 heterocycles. The van der Waals surface area contributed by atoms with Crippen molar-refractivity contribution in [2.45, 2.75) is 51.2 Å². The molecule has 2 aliphatic heterocycles. The molecule has 1 atom stereocenters. The SMILES string of the molecule is COc1cccc2ccc(CN3CCC(CCC(=O)NC[C@H]4CCCO4)CC3)nc12. The molecule has 1 N–H and O–H groups in total. The molecule has 4 rings (SSSR count). The highest BCUT2D eigenvalue weighted by Gasteiger charge is 2.21. The van der Waals surface area contributed by atoms with Gasteiger partial charge in [-0.1, -0.05) is 18.2 Å². The van der Waals surface area contributed by atoms with Crippen LogP contribution in [0.2, 0.25) is 0 Å². The number of carbonyl (C=O) groups excluding carboxylic acids is 1. The topological polar surface area (TPSA) is 63.7 Å². The number of methoxy groups -OCH3 is 1. The van der Waals surface area contributed by atoms with Crippen molar-refractivity contribution in [3.63, 3.8) is 0 Å². The molecular weight excluding hydrogens is 378 g/mol. The van der Waals surface area contributed by atoms with Gasteiger partial charge in [-0.25, -0.2) is 4.98 Å². The molecule has 2 saturated heterocycles. The van der Waals surface area contributed by atoms with Crippen LogP contribution in [0.3, 0.4) is 0 Å². The van der Waals surface area contributed by atoms with Crippen LogP contribution in [0, 0.1) is 5.92 Å². The van der Waals surface area contributed by atoms with Crippen LogP contribution < -0.4 is 10.1 Å². The Balaban J connectivity index is 1.20. The minimum Gasteiger partial charge on any atom is -0.494 e. The summed E-state index contributed by atoms with van der Waals surface area (Å²) in [6.07, 6.45) is 6.31. The fourth-order valence-electron chi connectivity index (χ4n) is 4.53. The average Bonchev–Trinajstić information content (AvgIpc) is 3.30. The number of pyridine rings is 1. The minimum atomic E-state index is 0.169.